The first-order chi connectivity index (χ1) is 15.6. The van der Waals surface area contributed by atoms with Crippen LogP contribution in [0, 0.1) is 0 Å². The number of carbonyl (C=O) groups excluding carboxylic acids is 1. The van der Waals surface area contributed by atoms with Gasteiger partial charge in [-0.05, 0) is 61.9 Å². The van der Waals surface area contributed by atoms with Gasteiger partial charge < -0.3 is 10.1 Å². The monoisotopic (exact) mass is 424 g/mol. The van der Waals surface area contributed by atoms with Gasteiger partial charge in [-0.3, -0.25) is 9.78 Å². The Morgan fingerprint density at radius 2 is 1.84 bits per heavy atom. The van der Waals surface area contributed by atoms with Crippen LogP contribution in [0.1, 0.15) is 35.5 Å². The lowest BCUT2D eigenvalue weighted by atomic mass is 10.0. The van der Waals surface area contributed by atoms with E-state index in [0.29, 0.717) is 17.7 Å². The minimum atomic E-state index is -0.175. The Labute approximate surface area is 187 Å². The van der Waals surface area contributed by atoms with E-state index in [9.17, 15) is 4.79 Å². The number of rotatable bonds is 7. The highest BCUT2D eigenvalue weighted by atomic mass is 16.5. The maximum atomic E-state index is 12.9. The van der Waals surface area contributed by atoms with Crippen LogP contribution in [0.15, 0.2) is 85.5 Å². The first kappa shape index (κ1) is 21.2. The lowest BCUT2D eigenvalue weighted by Crippen LogP contribution is -2.12. The number of benzene rings is 2. The molecule has 0 saturated carbocycles. The Balaban J connectivity index is 1.52. The van der Waals surface area contributed by atoms with Crippen molar-refractivity contribution in [1.29, 1.82) is 0 Å². The molecule has 32 heavy (non-hydrogen) atoms. The summed E-state index contributed by atoms with van der Waals surface area (Å²) in [7, 11) is 0. The standard InChI is InChI=1S/C26H24N4O2/c1-18(2)32-22-9-4-8-21(16-22)30-26(31)20-7-3-6-19(14-20)15-25-23(10-5-12-28-25)24-11-13-27-17-29-24/h3-14,16-18H,15H2,1-2H3,(H,30,31). The van der Waals surface area contributed by atoms with Gasteiger partial charge in [0.2, 0.25) is 0 Å². The Bertz CT molecular complexity index is 1210. The third-order valence-corrected chi connectivity index (χ3v) is 4.77. The summed E-state index contributed by atoms with van der Waals surface area (Å²) >= 11 is 0. The summed E-state index contributed by atoms with van der Waals surface area (Å²) in [6.45, 7) is 3.93. The topological polar surface area (TPSA) is 77.0 Å². The smallest absolute Gasteiger partial charge is 0.255 e. The summed E-state index contributed by atoms with van der Waals surface area (Å²) in [5, 5.41) is 2.95. The number of ether oxygens (including phenoxy) is 1. The van der Waals surface area contributed by atoms with Crippen molar-refractivity contribution in [2.24, 2.45) is 0 Å². The zero-order chi connectivity index (χ0) is 22.3. The lowest BCUT2D eigenvalue weighted by molar-refractivity contribution is 0.102. The summed E-state index contributed by atoms with van der Waals surface area (Å²) in [4.78, 5) is 25.7. The number of hydrogen-bond donors (Lipinski definition) is 1. The summed E-state index contributed by atoms with van der Waals surface area (Å²) < 4.78 is 5.71. The molecule has 0 spiro atoms. The SMILES string of the molecule is CC(C)Oc1cccc(NC(=O)c2cccc(Cc3ncccc3-c3ccncn3)c2)c1. The molecule has 2 heterocycles. The molecule has 0 fully saturated rings. The van der Waals surface area contributed by atoms with Gasteiger partial charge in [-0.2, -0.15) is 0 Å². The molecule has 6 nitrogen and oxygen atoms in total. The second-order valence-electron chi connectivity index (χ2n) is 7.62. The predicted octanol–water partition coefficient (Wildman–Crippen LogP) is 5.17. The zero-order valence-electron chi connectivity index (χ0n) is 18.0. The second kappa shape index (κ2) is 9.83. The molecule has 0 aliphatic carbocycles. The van der Waals surface area contributed by atoms with Crippen molar-refractivity contribution in [1.82, 2.24) is 15.0 Å². The molecular weight excluding hydrogens is 400 g/mol. The highest BCUT2D eigenvalue weighted by Crippen LogP contribution is 2.23. The molecule has 160 valence electrons. The molecule has 0 saturated heterocycles. The van der Waals surface area contributed by atoms with Crippen LogP contribution < -0.4 is 10.1 Å². The summed E-state index contributed by atoms with van der Waals surface area (Å²) in [6.07, 6.45) is 5.65. The fourth-order valence-electron chi connectivity index (χ4n) is 3.40. The van der Waals surface area contributed by atoms with Gasteiger partial charge >= 0.3 is 0 Å². The fourth-order valence-corrected chi connectivity index (χ4v) is 3.40. The van der Waals surface area contributed by atoms with Crippen LogP contribution in [0.3, 0.4) is 0 Å². The first-order valence-electron chi connectivity index (χ1n) is 10.5. The van der Waals surface area contributed by atoms with Crippen molar-refractivity contribution in [3.8, 4) is 17.0 Å². The maximum Gasteiger partial charge on any atom is 0.255 e. The van der Waals surface area contributed by atoms with E-state index in [2.05, 4.69) is 20.3 Å². The van der Waals surface area contributed by atoms with E-state index in [1.54, 1.807) is 18.5 Å². The minimum Gasteiger partial charge on any atom is -0.491 e. The van der Waals surface area contributed by atoms with Gasteiger partial charge in [-0.25, -0.2) is 9.97 Å². The van der Waals surface area contributed by atoms with E-state index in [0.717, 1.165) is 28.3 Å². The molecule has 0 radical (unpaired) electrons. The highest BCUT2D eigenvalue weighted by Gasteiger charge is 2.11. The van der Waals surface area contributed by atoms with Gasteiger partial charge in [0.15, 0.2) is 0 Å². The van der Waals surface area contributed by atoms with Gasteiger partial charge in [0.05, 0.1) is 17.5 Å². The van der Waals surface area contributed by atoms with Crippen LogP contribution in [-0.2, 0) is 6.42 Å². The molecular formula is C26H24N4O2. The number of nitrogens with zero attached hydrogens (tertiary/aromatic N) is 3. The van der Waals surface area contributed by atoms with Crippen molar-refractivity contribution in [2.45, 2.75) is 26.4 Å². The quantitative estimate of drug-likeness (QED) is 0.443. The van der Waals surface area contributed by atoms with Gasteiger partial charge in [-0.1, -0.05) is 18.2 Å². The van der Waals surface area contributed by atoms with Crippen molar-refractivity contribution in [3.63, 3.8) is 0 Å². The number of nitrogens with one attached hydrogen (secondary N) is 1. The van der Waals surface area contributed by atoms with Crippen LogP contribution in [0.2, 0.25) is 0 Å². The zero-order valence-corrected chi connectivity index (χ0v) is 18.0. The van der Waals surface area contributed by atoms with E-state index < -0.39 is 0 Å². The van der Waals surface area contributed by atoms with Crippen LogP contribution in [-0.4, -0.2) is 27.0 Å². The van der Waals surface area contributed by atoms with Crippen molar-refractivity contribution < 1.29 is 9.53 Å². The Morgan fingerprint density at radius 3 is 2.66 bits per heavy atom. The van der Waals surface area contributed by atoms with Crippen molar-refractivity contribution in [3.05, 3.63) is 102 Å². The second-order valence-corrected chi connectivity index (χ2v) is 7.62. The lowest BCUT2D eigenvalue weighted by Gasteiger charge is -2.12. The Morgan fingerprint density at radius 1 is 0.969 bits per heavy atom. The summed E-state index contributed by atoms with van der Waals surface area (Å²) in [6, 6.07) is 20.7. The molecule has 0 aliphatic rings. The largest absolute Gasteiger partial charge is 0.491 e. The van der Waals surface area contributed by atoms with Gasteiger partial charge in [0, 0.05) is 41.7 Å². The molecule has 0 unspecified atom stereocenters. The molecule has 4 rings (SSSR count). The number of hydrogen-bond acceptors (Lipinski definition) is 5. The van der Waals surface area contributed by atoms with Crippen molar-refractivity contribution in [2.75, 3.05) is 5.32 Å². The highest BCUT2D eigenvalue weighted by molar-refractivity contribution is 6.04. The number of carbonyl (C=O) groups is 1. The summed E-state index contributed by atoms with van der Waals surface area (Å²) in [5.41, 5.74) is 4.92. The molecule has 4 aromatic rings. The molecule has 2 aromatic heterocycles. The normalized spacial score (nSPS) is 10.7. The first-order valence-corrected chi connectivity index (χ1v) is 10.5. The van der Waals surface area contributed by atoms with E-state index in [-0.39, 0.29) is 12.0 Å². The molecule has 0 aliphatic heterocycles. The number of aromatic nitrogens is 3. The van der Waals surface area contributed by atoms with Crippen LogP contribution in [0.25, 0.3) is 11.3 Å². The van der Waals surface area contributed by atoms with E-state index in [1.807, 2.05) is 74.5 Å². The average molecular weight is 425 g/mol. The van der Waals surface area contributed by atoms with Gasteiger partial charge in [-0.15, -0.1) is 0 Å². The Kier molecular flexibility index (Phi) is 6.51. The molecule has 0 bridgehead atoms. The van der Waals surface area contributed by atoms with E-state index >= 15 is 0 Å². The average Bonchev–Trinajstić information content (AvgIpc) is 2.80. The molecule has 6 heteroatoms. The number of amides is 1. The Hall–Kier alpha value is -4.06. The molecule has 1 amide bonds. The van der Waals surface area contributed by atoms with E-state index in [1.165, 1.54) is 6.33 Å². The third kappa shape index (κ3) is 5.35. The van der Waals surface area contributed by atoms with Gasteiger partial charge in [0.1, 0.15) is 12.1 Å². The maximum absolute atomic E-state index is 12.9. The van der Waals surface area contributed by atoms with Gasteiger partial charge in [0.25, 0.3) is 5.91 Å². The molecule has 1 N–H and O–H groups in total. The molecule has 0 atom stereocenters. The number of pyridine rings is 1. The van der Waals surface area contributed by atoms with Crippen molar-refractivity contribution >= 4 is 11.6 Å². The van der Waals surface area contributed by atoms with E-state index in [4.69, 9.17) is 4.74 Å². The third-order valence-electron chi connectivity index (χ3n) is 4.77. The molecule has 2 aromatic carbocycles. The predicted molar refractivity (Wildman–Crippen MR) is 125 cm³/mol. The minimum absolute atomic E-state index is 0.0662. The number of anilines is 1. The van der Waals surface area contributed by atoms with Crippen LogP contribution in [0.5, 0.6) is 5.75 Å². The van der Waals surface area contributed by atoms with Crippen LogP contribution in [0.4, 0.5) is 5.69 Å². The fraction of sp³-hybridized carbons (Fsp3) is 0.154. The van der Waals surface area contributed by atoms with Crippen LogP contribution >= 0.6 is 0 Å². The summed E-state index contributed by atoms with van der Waals surface area (Å²) in [5.74, 6) is 0.546.